The number of nitrogens with zero attached hydrogens (tertiary/aromatic N) is 1. The molecule has 1 fully saturated rings. The number of hydrogen-bond acceptors (Lipinski definition) is 5. The summed E-state index contributed by atoms with van der Waals surface area (Å²) in [7, 11) is 3.51. The van der Waals surface area contributed by atoms with E-state index in [1.807, 2.05) is 0 Å². The Bertz CT molecular complexity index is 641. The topological polar surface area (TPSA) is 108 Å². The molecule has 3 N–H and O–H groups in total. The summed E-state index contributed by atoms with van der Waals surface area (Å²) in [6.07, 6.45) is 3.89. The van der Waals surface area contributed by atoms with Crippen LogP contribution in [0.25, 0.3) is 0 Å². The standard InChI is InChI=1S/C17H24ClN3O3.CH2O2/c1-21-8-4-3-5-13(21)10-16(22)19-12-6-7-15(14(18)9-12)20-17(23)11-24-2;2-1-3/h6-7,9,13H,3-5,8,10-11H2,1-2H3,(H,19,22)(H,20,23);1H,(H,2,3). The number of halogens is 1. The van der Waals surface area contributed by atoms with Crippen molar-refractivity contribution in [3.05, 3.63) is 23.2 Å². The van der Waals surface area contributed by atoms with Crippen molar-refractivity contribution in [1.82, 2.24) is 4.90 Å². The lowest BCUT2D eigenvalue weighted by atomic mass is 10.00. The average Bonchev–Trinajstić information content (AvgIpc) is 2.60. The molecular weight excluding hydrogens is 374 g/mol. The SMILES string of the molecule is COCC(=O)Nc1ccc(NC(=O)CC2CCCCN2C)cc1Cl.O=CO. The van der Waals surface area contributed by atoms with Gasteiger partial charge in [-0.2, -0.15) is 0 Å². The fourth-order valence-electron chi connectivity index (χ4n) is 2.84. The quantitative estimate of drug-likeness (QED) is 0.634. The first-order valence-corrected chi connectivity index (χ1v) is 8.95. The molecule has 0 saturated carbocycles. The highest BCUT2D eigenvalue weighted by molar-refractivity contribution is 6.34. The summed E-state index contributed by atoms with van der Waals surface area (Å²) < 4.78 is 4.76. The number of rotatable bonds is 6. The van der Waals surface area contributed by atoms with E-state index in [0.717, 1.165) is 13.0 Å². The zero-order chi connectivity index (χ0) is 20.2. The average molecular weight is 400 g/mol. The molecule has 150 valence electrons. The summed E-state index contributed by atoms with van der Waals surface area (Å²) in [5.74, 6) is -0.308. The van der Waals surface area contributed by atoms with Crippen LogP contribution in [-0.4, -0.2) is 61.6 Å². The fraction of sp³-hybridized carbons (Fsp3) is 0.500. The molecule has 1 saturated heterocycles. The third kappa shape index (κ3) is 8.38. The maximum absolute atomic E-state index is 12.2. The number of carbonyl (C=O) groups is 3. The predicted octanol–water partition coefficient (Wildman–Crippen LogP) is 2.44. The van der Waals surface area contributed by atoms with E-state index in [4.69, 9.17) is 26.2 Å². The van der Waals surface area contributed by atoms with Crippen LogP contribution in [0, 0.1) is 0 Å². The molecule has 9 heteroatoms. The number of piperidine rings is 1. The third-order valence-corrected chi connectivity index (χ3v) is 4.46. The fourth-order valence-corrected chi connectivity index (χ4v) is 3.07. The van der Waals surface area contributed by atoms with Crippen molar-refractivity contribution in [2.24, 2.45) is 0 Å². The molecule has 1 unspecified atom stereocenters. The summed E-state index contributed by atoms with van der Waals surface area (Å²) in [6.45, 7) is 0.753. The van der Waals surface area contributed by atoms with Crippen molar-refractivity contribution in [3.8, 4) is 0 Å². The van der Waals surface area contributed by atoms with Crippen LogP contribution in [0.15, 0.2) is 18.2 Å². The number of nitrogens with one attached hydrogen (secondary N) is 2. The molecule has 0 aromatic heterocycles. The minimum atomic E-state index is -0.281. The van der Waals surface area contributed by atoms with Gasteiger partial charge >= 0.3 is 0 Å². The maximum Gasteiger partial charge on any atom is 0.290 e. The Morgan fingerprint density at radius 3 is 2.63 bits per heavy atom. The van der Waals surface area contributed by atoms with Crippen LogP contribution >= 0.6 is 11.6 Å². The van der Waals surface area contributed by atoms with Gasteiger partial charge in [0, 0.05) is 25.3 Å². The van der Waals surface area contributed by atoms with E-state index in [9.17, 15) is 9.59 Å². The highest BCUT2D eigenvalue weighted by Gasteiger charge is 2.21. The molecule has 1 aromatic rings. The predicted molar refractivity (Wildman–Crippen MR) is 104 cm³/mol. The van der Waals surface area contributed by atoms with Crippen molar-refractivity contribution in [2.75, 3.05) is 37.9 Å². The summed E-state index contributed by atoms with van der Waals surface area (Å²) in [6, 6.07) is 5.31. The van der Waals surface area contributed by atoms with Crippen molar-refractivity contribution in [2.45, 2.75) is 31.7 Å². The zero-order valence-corrected chi connectivity index (χ0v) is 16.3. The van der Waals surface area contributed by atoms with Gasteiger partial charge in [0.2, 0.25) is 11.8 Å². The van der Waals surface area contributed by atoms with Crippen LogP contribution in [0.3, 0.4) is 0 Å². The second-order valence-corrected chi connectivity index (χ2v) is 6.57. The molecule has 2 rings (SSSR count). The summed E-state index contributed by atoms with van der Waals surface area (Å²) >= 11 is 6.16. The van der Waals surface area contributed by atoms with Crippen molar-refractivity contribution in [3.63, 3.8) is 0 Å². The second-order valence-electron chi connectivity index (χ2n) is 6.16. The van der Waals surface area contributed by atoms with Gasteiger partial charge in [0.1, 0.15) is 6.61 Å². The summed E-state index contributed by atoms with van der Waals surface area (Å²) in [4.78, 5) is 34.3. The second kappa shape index (κ2) is 12.3. The minimum absolute atomic E-state index is 0.0269. The van der Waals surface area contributed by atoms with E-state index in [0.29, 0.717) is 28.9 Å². The van der Waals surface area contributed by atoms with Crippen molar-refractivity contribution < 1.29 is 24.2 Å². The zero-order valence-electron chi connectivity index (χ0n) is 15.5. The number of amides is 2. The molecule has 0 radical (unpaired) electrons. The van der Waals surface area contributed by atoms with E-state index < -0.39 is 0 Å². The van der Waals surface area contributed by atoms with Crippen LogP contribution in [0.2, 0.25) is 5.02 Å². The van der Waals surface area contributed by atoms with Crippen LogP contribution in [0.1, 0.15) is 25.7 Å². The molecule has 0 bridgehead atoms. The lowest BCUT2D eigenvalue weighted by molar-refractivity contribution is -0.123. The van der Waals surface area contributed by atoms with Gasteiger partial charge in [0.05, 0.1) is 10.7 Å². The largest absolute Gasteiger partial charge is 0.483 e. The molecule has 0 aliphatic carbocycles. The molecule has 1 heterocycles. The Kier molecular flexibility index (Phi) is 10.4. The first kappa shape index (κ1) is 22.9. The highest BCUT2D eigenvalue weighted by atomic mass is 35.5. The van der Waals surface area contributed by atoms with Crippen molar-refractivity contribution >= 4 is 41.3 Å². The van der Waals surface area contributed by atoms with E-state index in [2.05, 4.69) is 22.6 Å². The van der Waals surface area contributed by atoms with Crippen LogP contribution in [0.5, 0.6) is 0 Å². The van der Waals surface area contributed by atoms with Gasteiger partial charge < -0.3 is 25.4 Å². The number of carbonyl (C=O) groups excluding carboxylic acids is 2. The molecule has 1 atom stereocenters. The maximum atomic E-state index is 12.2. The Balaban J connectivity index is 0.00000114. The molecule has 27 heavy (non-hydrogen) atoms. The number of methoxy groups -OCH3 is 1. The van der Waals surface area contributed by atoms with Crippen LogP contribution in [0.4, 0.5) is 11.4 Å². The van der Waals surface area contributed by atoms with Gasteiger partial charge in [-0.15, -0.1) is 0 Å². The van der Waals surface area contributed by atoms with E-state index in [1.165, 1.54) is 20.0 Å². The number of hydrogen-bond donors (Lipinski definition) is 3. The first-order chi connectivity index (χ1) is 12.9. The van der Waals surface area contributed by atoms with Crippen LogP contribution in [-0.2, 0) is 19.1 Å². The first-order valence-electron chi connectivity index (χ1n) is 8.57. The Labute approximate surface area is 163 Å². The van der Waals surface area contributed by atoms with Gasteiger partial charge in [-0.1, -0.05) is 18.0 Å². The molecule has 8 nitrogen and oxygen atoms in total. The van der Waals surface area contributed by atoms with Gasteiger partial charge in [-0.3, -0.25) is 14.4 Å². The molecule has 0 spiro atoms. The summed E-state index contributed by atoms with van der Waals surface area (Å²) in [5.41, 5.74) is 1.11. The molecule has 1 aliphatic heterocycles. The normalized spacial score (nSPS) is 16.6. The number of anilines is 2. The van der Waals surface area contributed by atoms with Crippen molar-refractivity contribution in [1.29, 1.82) is 0 Å². The molecular formula is C18H26ClN3O5. The van der Waals surface area contributed by atoms with Gasteiger partial charge in [0.25, 0.3) is 6.47 Å². The lowest BCUT2D eigenvalue weighted by Crippen LogP contribution is -2.38. The number of likely N-dealkylation sites (tertiary alicyclic amines) is 1. The smallest absolute Gasteiger partial charge is 0.290 e. The van der Waals surface area contributed by atoms with E-state index in [1.54, 1.807) is 18.2 Å². The lowest BCUT2D eigenvalue weighted by Gasteiger charge is -2.31. The Morgan fingerprint density at radius 1 is 1.33 bits per heavy atom. The minimum Gasteiger partial charge on any atom is -0.483 e. The Morgan fingerprint density at radius 2 is 2.04 bits per heavy atom. The monoisotopic (exact) mass is 399 g/mol. The van der Waals surface area contributed by atoms with E-state index >= 15 is 0 Å². The van der Waals surface area contributed by atoms with Gasteiger partial charge in [-0.25, -0.2) is 0 Å². The Hall–Kier alpha value is -2.16. The van der Waals surface area contributed by atoms with E-state index in [-0.39, 0.29) is 24.9 Å². The van der Waals surface area contributed by atoms with Crippen LogP contribution < -0.4 is 10.6 Å². The number of benzene rings is 1. The highest BCUT2D eigenvalue weighted by Crippen LogP contribution is 2.26. The summed E-state index contributed by atoms with van der Waals surface area (Å²) in [5, 5.41) is 12.8. The molecule has 1 aliphatic rings. The van der Waals surface area contributed by atoms with Gasteiger partial charge in [-0.05, 0) is 44.6 Å². The molecule has 2 amide bonds. The molecule has 1 aromatic carbocycles. The van der Waals surface area contributed by atoms with Gasteiger partial charge in [0.15, 0.2) is 0 Å². The number of carboxylic acid groups (broad SMARTS) is 1. The number of ether oxygens (including phenoxy) is 1. The third-order valence-electron chi connectivity index (χ3n) is 4.14.